The third-order valence-electron chi connectivity index (χ3n) is 5.16. The molecule has 1 aromatic rings. The average molecular weight is 367 g/mol. The summed E-state index contributed by atoms with van der Waals surface area (Å²) >= 11 is 0. The molecule has 2 aliphatic heterocycles. The Morgan fingerprint density at radius 2 is 2.08 bits per heavy atom. The van der Waals surface area contributed by atoms with Crippen molar-refractivity contribution in [3.63, 3.8) is 0 Å². The number of aromatic nitrogens is 1. The van der Waals surface area contributed by atoms with E-state index in [-0.39, 0.29) is 17.4 Å². The molecule has 0 saturated carbocycles. The number of sulfonamides is 1. The largest absolute Gasteiger partial charge is 0.372 e. The molecule has 1 aromatic heterocycles. The maximum absolute atomic E-state index is 12.2. The van der Waals surface area contributed by atoms with Crippen molar-refractivity contribution in [1.82, 2.24) is 14.6 Å². The summed E-state index contributed by atoms with van der Waals surface area (Å²) in [7, 11) is -3.22. The Bertz CT molecular complexity index is 715. The van der Waals surface area contributed by atoms with Crippen LogP contribution in [0.25, 0.3) is 0 Å². The van der Waals surface area contributed by atoms with Crippen molar-refractivity contribution in [2.75, 3.05) is 26.2 Å². The van der Waals surface area contributed by atoms with Crippen LogP contribution in [0.2, 0.25) is 0 Å². The molecule has 7 nitrogen and oxygen atoms in total. The van der Waals surface area contributed by atoms with Crippen molar-refractivity contribution >= 4 is 15.9 Å². The van der Waals surface area contributed by atoms with Crippen LogP contribution in [0.15, 0.2) is 24.5 Å². The third kappa shape index (κ3) is 3.56. The van der Waals surface area contributed by atoms with Crippen LogP contribution in [-0.4, -0.2) is 60.7 Å². The molecule has 2 saturated heterocycles. The molecule has 8 heteroatoms. The van der Waals surface area contributed by atoms with E-state index in [1.165, 1.54) is 4.31 Å². The normalized spacial score (nSPS) is 22.9. The average Bonchev–Trinajstić information content (AvgIpc) is 2.98. The minimum absolute atomic E-state index is 0.118. The maximum Gasteiger partial charge on any atom is 0.251 e. The van der Waals surface area contributed by atoms with Gasteiger partial charge in [0.1, 0.15) is 0 Å². The summed E-state index contributed by atoms with van der Waals surface area (Å²) in [6.07, 6.45) is 4.87. The second-order valence-corrected chi connectivity index (χ2v) is 9.53. The van der Waals surface area contributed by atoms with E-state index in [9.17, 15) is 13.2 Å². The lowest BCUT2D eigenvalue weighted by Crippen LogP contribution is -2.67. The molecule has 3 rings (SSSR count). The van der Waals surface area contributed by atoms with Crippen molar-refractivity contribution in [2.45, 2.75) is 37.5 Å². The molecule has 1 amide bonds. The summed E-state index contributed by atoms with van der Waals surface area (Å²) in [6, 6.07) is 3.35. The van der Waals surface area contributed by atoms with Crippen LogP contribution in [-0.2, 0) is 14.8 Å². The zero-order valence-electron chi connectivity index (χ0n) is 14.6. The van der Waals surface area contributed by atoms with Gasteiger partial charge in [-0.1, -0.05) is 0 Å². The van der Waals surface area contributed by atoms with Gasteiger partial charge in [-0.15, -0.1) is 0 Å². The minimum Gasteiger partial charge on any atom is -0.372 e. The van der Waals surface area contributed by atoms with Crippen LogP contribution in [0.1, 0.15) is 37.0 Å². The summed E-state index contributed by atoms with van der Waals surface area (Å²) in [4.78, 5) is 16.0. The molecule has 1 N–H and O–H groups in total. The van der Waals surface area contributed by atoms with E-state index in [2.05, 4.69) is 10.3 Å². The summed E-state index contributed by atoms with van der Waals surface area (Å²) in [6.45, 7) is 5.45. The van der Waals surface area contributed by atoms with Gasteiger partial charge in [-0.25, -0.2) is 8.42 Å². The Hall–Kier alpha value is -1.51. The Balaban J connectivity index is 1.51. The fourth-order valence-corrected chi connectivity index (χ4v) is 4.93. The third-order valence-corrected chi connectivity index (χ3v) is 7.33. The van der Waals surface area contributed by atoms with E-state index >= 15 is 0 Å². The number of amides is 1. The summed E-state index contributed by atoms with van der Waals surface area (Å²) < 4.78 is 31.9. The molecule has 0 aromatic carbocycles. The van der Waals surface area contributed by atoms with Gasteiger partial charge >= 0.3 is 0 Å². The van der Waals surface area contributed by atoms with Crippen molar-refractivity contribution in [3.05, 3.63) is 30.1 Å². The van der Waals surface area contributed by atoms with Crippen molar-refractivity contribution < 1.29 is 17.9 Å². The fourth-order valence-electron chi connectivity index (χ4n) is 3.54. The first kappa shape index (κ1) is 18.3. The van der Waals surface area contributed by atoms with Gasteiger partial charge in [0.25, 0.3) is 5.91 Å². The van der Waals surface area contributed by atoms with Crippen molar-refractivity contribution in [3.8, 4) is 0 Å². The molecular weight excluding hydrogens is 342 g/mol. The fraction of sp³-hybridized carbons (Fsp3) is 0.647. The first-order valence-corrected chi connectivity index (χ1v) is 10.2. The minimum atomic E-state index is -3.22. The number of hydrogen-bond donors (Lipinski definition) is 1. The smallest absolute Gasteiger partial charge is 0.251 e. The number of ether oxygens (including phenoxy) is 1. The number of pyridine rings is 1. The first-order valence-electron chi connectivity index (χ1n) is 8.66. The molecule has 1 unspecified atom stereocenters. The second kappa shape index (κ2) is 7.01. The van der Waals surface area contributed by atoms with Crippen LogP contribution in [0.4, 0.5) is 0 Å². The molecule has 1 spiro atoms. The molecule has 138 valence electrons. The lowest BCUT2D eigenvalue weighted by Gasteiger charge is -2.49. The van der Waals surface area contributed by atoms with E-state index in [0.717, 1.165) is 12.8 Å². The van der Waals surface area contributed by atoms with E-state index < -0.39 is 15.3 Å². The number of carbonyl (C=O) groups is 1. The number of carbonyl (C=O) groups excluding carboxylic acids is 1. The van der Waals surface area contributed by atoms with Crippen LogP contribution in [0.5, 0.6) is 0 Å². The Labute approximate surface area is 148 Å². The van der Waals surface area contributed by atoms with Crippen LogP contribution >= 0.6 is 0 Å². The number of hydrogen-bond acceptors (Lipinski definition) is 5. The number of rotatable bonds is 6. The highest BCUT2D eigenvalue weighted by molar-refractivity contribution is 7.89. The Morgan fingerprint density at radius 1 is 1.40 bits per heavy atom. The molecular formula is C17H25N3O4S. The standard InChI is InChI=1S/C17H25N3O4S/c1-13(2)25(22,23)20-11-17(12-20)15(6-10-24-17)5-9-19-16(21)14-3-7-18-8-4-14/h3-4,7-8,13,15H,5-6,9-12H2,1-2H3,(H,19,21). The lowest BCUT2D eigenvalue weighted by atomic mass is 9.80. The highest BCUT2D eigenvalue weighted by atomic mass is 32.2. The van der Waals surface area contributed by atoms with Gasteiger partial charge in [-0.3, -0.25) is 9.78 Å². The Kier molecular flexibility index (Phi) is 5.13. The van der Waals surface area contributed by atoms with E-state index in [0.29, 0.717) is 31.8 Å². The zero-order valence-corrected chi connectivity index (χ0v) is 15.5. The number of nitrogens with one attached hydrogen (secondary N) is 1. The van der Waals surface area contributed by atoms with Crippen LogP contribution < -0.4 is 5.32 Å². The van der Waals surface area contributed by atoms with E-state index in [1.54, 1.807) is 38.4 Å². The SMILES string of the molecule is CC(C)S(=O)(=O)N1CC2(C1)OCCC2CCNC(=O)c1ccncc1. The van der Waals surface area contributed by atoms with Gasteiger partial charge < -0.3 is 10.1 Å². The van der Waals surface area contributed by atoms with Gasteiger partial charge in [0.2, 0.25) is 10.0 Å². The lowest BCUT2D eigenvalue weighted by molar-refractivity contribution is -0.102. The summed E-state index contributed by atoms with van der Waals surface area (Å²) in [5.41, 5.74) is 0.217. The highest BCUT2D eigenvalue weighted by Gasteiger charge is 2.56. The molecule has 0 radical (unpaired) electrons. The van der Waals surface area contributed by atoms with Crippen molar-refractivity contribution in [1.29, 1.82) is 0 Å². The highest BCUT2D eigenvalue weighted by Crippen LogP contribution is 2.43. The quantitative estimate of drug-likeness (QED) is 0.811. The van der Waals surface area contributed by atoms with E-state index in [4.69, 9.17) is 4.74 Å². The van der Waals surface area contributed by atoms with Crippen LogP contribution in [0.3, 0.4) is 0 Å². The molecule has 3 heterocycles. The Morgan fingerprint density at radius 3 is 2.72 bits per heavy atom. The van der Waals surface area contributed by atoms with Gasteiger partial charge in [0, 0.05) is 44.2 Å². The zero-order chi connectivity index (χ0) is 18.1. The maximum atomic E-state index is 12.2. The van der Waals surface area contributed by atoms with Gasteiger partial charge in [-0.2, -0.15) is 4.31 Å². The van der Waals surface area contributed by atoms with Gasteiger partial charge in [-0.05, 0) is 44.7 Å². The van der Waals surface area contributed by atoms with Crippen molar-refractivity contribution in [2.24, 2.45) is 5.92 Å². The van der Waals surface area contributed by atoms with Gasteiger partial charge in [0.05, 0.1) is 10.9 Å². The molecule has 2 aliphatic rings. The summed E-state index contributed by atoms with van der Waals surface area (Å²) in [5, 5.41) is 2.50. The van der Waals surface area contributed by atoms with Gasteiger partial charge in [0.15, 0.2) is 0 Å². The molecule has 0 aliphatic carbocycles. The molecule has 2 fully saturated rings. The molecule has 1 atom stereocenters. The first-order chi connectivity index (χ1) is 11.8. The topological polar surface area (TPSA) is 88.6 Å². The predicted molar refractivity (Wildman–Crippen MR) is 93.6 cm³/mol. The van der Waals surface area contributed by atoms with E-state index in [1.807, 2.05) is 0 Å². The molecule has 0 bridgehead atoms. The monoisotopic (exact) mass is 367 g/mol. The van der Waals surface area contributed by atoms with Crippen LogP contribution in [0, 0.1) is 5.92 Å². The molecule has 25 heavy (non-hydrogen) atoms. The summed E-state index contributed by atoms with van der Waals surface area (Å²) in [5.74, 6) is 0.150. The number of nitrogens with zero attached hydrogens (tertiary/aromatic N) is 2. The predicted octanol–water partition coefficient (Wildman–Crippen LogP) is 1.03. The second-order valence-electron chi connectivity index (χ2n) is 7.04.